The Hall–Kier alpha value is -2.60. The van der Waals surface area contributed by atoms with E-state index in [2.05, 4.69) is 16.3 Å². The molecule has 1 aliphatic rings. The van der Waals surface area contributed by atoms with Crippen molar-refractivity contribution in [1.82, 2.24) is 15.2 Å². The monoisotopic (exact) mass is 352 g/mol. The first-order valence-electron chi connectivity index (χ1n) is 8.47. The van der Waals surface area contributed by atoms with E-state index in [1.54, 1.807) is 11.3 Å². The van der Waals surface area contributed by atoms with E-state index >= 15 is 0 Å². The van der Waals surface area contributed by atoms with Gasteiger partial charge in [-0.2, -0.15) is 0 Å². The molecule has 0 spiro atoms. The van der Waals surface area contributed by atoms with E-state index in [0.717, 1.165) is 42.4 Å². The Morgan fingerprint density at radius 3 is 2.48 bits per heavy atom. The zero-order valence-electron chi connectivity index (χ0n) is 13.9. The van der Waals surface area contributed by atoms with Crippen LogP contribution in [0, 0.1) is 0 Å². The number of nitrogens with one attached hydrogen (secondary N) is 1. The van der Waals surface area contributed by atoms with Crippen LogP contribution in [0.1, 0.15) is 5.56 Å². The number of hydrogen-bond donors (Lipinski definition) is 1. The highest BCUT2D eigenvalue weighted by molar-refractivity contribution is 7.22. The van der Waals surface area contributed by atoms with Gasteiger partial charge >= 0.3 is 6.03 Å². The van der Waals surface area contributed by atoms with E-state index in [1.807, 2.05) is 53.4 Å². The molecule has 0 aliphatic carbocycles. The third-order valence-electron chi connectivity index (χ3n) is 4.41. The molecular weight excluding hydrogens is 332 g/mol. The maximum Gasteiger partial charge on any atom is 0.317 e. The summed E-state index contributed by atoms with van der Waals surface area (Å²) in [7, 11) is 0. The Morgan fingerprint density at radius 2 is 1.72 bits per heavy atom. The van der Waals surface area contributed by atoms with Crippen molar-refractivity contribution in [3.05, 3.63) is 60.2 Å². The molecule has 5 nitrogen and oxygen atoms in total. The lowest BCUT2D eigenvalue weighted by Crippen LogP contribution is -2.51. The second-order valence-electron chi connectivity index (χ2n) is 6.08. The van der Waals surface area contributed by atoms with Crippen LogP contribution in [0.2, 0.25) is 0 Å². The Kier molecular flexibility index (Phi) is 4.52. The van der Waals surface area contributed by atoms with Crippen LogP contribution in [0.4, 0.5) is 9.93 Å². The summed E-state index contributed by atoms with van der Waals surface area (Å²) in [5, 5.41) is 4.05. The number of carbonyl (C=O) groups excluding carboxylic acids is 1. The number of anilines is 1. The predicted molar refractivity (Wildman–Crippen MR) is 102 cm³/mol. The van der Waals surface area contributed by atoms with Gasteiger partial charge in [-0.15, -0.1) is 0 Å². The summed E-state index contributed by atoms with van der Waals surface area (Å²) in [6.07, 6.45) is 0. The Labute approximate surface area is 150 Å². The summed E-state index contributed by atoms with van der Waals surface area (Å²) in [6.45, 7) is 3.64. The quantitative estimate of drug-likeness (QED) is 0.787. The number of benzene rings is 2. The van der Waals surface area contributed by atoms with Crippen molar-refractivity contribution in [1.29, 1.82) is 0 Å². The van der Waals surface area contributed by atoms with Gasteiger partial charge in [0, 0.05) is 32.7 Å². The summed E-state index contributed by atoms with van der Waals surface area (Å²) in [6, 6.07) is 18.2. The van der Waals surface area contributed by atoms with Gasteiger partial charge in [0.25, 0.3) is 0 Å². The van der Waals surface area contributed by atoms with E-state index < -0.39 is 0 Å². The number of thiazole rings is 1. The summed E-state index contributed by atoms with van der Waals surface area (Å²) < 4.78 is 1.21. The van der Waals surface area contributed by atoms with Gasteiger partial charge in [-0.3, -0.25) is 0 Å². The molecule has 2 heterocycles. The number of carbonyl (C=O) groups is 1. The predicted octanol–water partition coefficient (Wildman–Crippen LogP) is 3.33. The molecule has 25 heavy (non-hydrogen) atoms. The minimum atomic E-state index is 0.00722. The first-order chi connectivity index (χ1) is 12.3. The van der Waals surface area contributed by atoms with E-state index in [-0.39, 0.29) is 6.03 Å². The topological polar surface area (TPSA) is 48.5 Å². The van der Waals surface area contributed by atoms with E-state index in [9.17, 15) is 4.79 Å². The second kappa shape index (κ2) is 7.11. The number of piperazine rings is 1. The van der Waals surface area contributed by atoms with Crippen LogP contribution < -0.4 is 10.2 Å². The SMILES string of the molecule is O=C(NCc1ccccc1)N1CCN(c2nc3ccccc3s2)CC1. The van der Waals surface area contributed by atoms with Crippen molar-refractivity contribution in [3.8, 4) is 0 Å². The number of amides is 2. The number of nitrogens with zero attached hydrogens (tertiary/aromatic N) is 3. The van der Waals surface area contributed by atoms with Gasteiger partial charge in [0.15, 0.2) is 5.13 Å². The maximum absolute atomic E-state index is 12.3. The molecule has 0 radical (unpaired) electrons. The molecule has 1 fully saturated rings. The first kappa shape index (κ1) is 15.9. The fourth-order valence-electron chi connectivity index (χ4n) is 2.98. The van der Waals surface area contributed by atoms with Gasteiger partial charge in [0.05, 0.1) is 10.2 Å². The number of fused-ring (bicyclic) bond motifs is 1. The summed E-state index contributed by atoms with van der Waals surface area (Å²) >= 11 is 1.72. The van der Waals surface area contributed by atoms with Crippen LogP contribution in [0.15, 0.2) is 54.6 Å². The van der Waals surface area contributed by atoms with Crippen molar-refractivity contribution in [3.63, 3.8) is 0 Å². The van der Waals surface area contributed by atoms with Gasteiger partial charge in [0.1, 0.15) is 0 Å². The Morgan fingerprint density at radius 1 is 1.00 bits per heavy atom. The minimum Gasteiger partial charge on any atom is -0.345 e. The van der Waals surface area contributed by atoms with Crippen LogP contribution >= 0.6 is 11.3 Å². The molecule has 1 aliphatic heterocycles. The molecule has 0 unspecified atom stereocenters. The Balaban J connectivity index is 1.32. The third-order valence-corrected chi connectivity index (χ3v) is 5.50. The van der Waals surface area contributed by atoms with Crippen molar-refractivity contribution in [2.24, 2.45) is 0 Å². The van der Waals surface area contributed by atoms with Crippen LogP contribution in [0.25, 0.3) is 10.2 Å². The number of para-hydroxylation sites is 1. The molecule has 0 atom stereocenters. The van der Waals surface area contributed by atoms with Crippen molar-refractivity contribution >= 4 is 32.7 Å². The minimum absolute atomic E-state index is 0.00722. The standard InChI is InChI=1S/C19H20N4OS/c24-18(20-14-15-6-2-1-3-7-15)22-10-12-23(13-11-22)19-21-16-8-4-5-9-17(16)25-19/h1-9H,10-14H2,(H,20,24). The van der Waals surface area contributed by atoms with Gasteiger partial charge in [-0.05, 0) is 17.7 Å². The number of hydrogen-bond acceptors (Lipinski definition) is 4. The van der Waals surface area contributed by atoms with Gasteiger partial charge in [-0.1, -0.05) is 53.8 Å². The number of rotatable bonds is 3. The average molecular weight is 352 g/mol. The lowest BCUT2D eigenvalue weighted by molar-refractivity contribution is 0.194. The lowest BCUT2D eigenvalue weighted by Gasteiger charge is -2.34. The normalized spacial score (nSPS) is 14.7. The first-order valence-corrected chi connectivity index (χ1v) is 9.28. The number of aromatic nitrogens is 1. The van der Waals surface area contributed by atoms with Crippen LogP contribution in [-0.4, -0.2) is 42.1 Å². The highest BCUT2D eigenvalue weighted by Crippen LogP contribution is 2.29. The van der Waals surface area contributed by atoms with Crippen LogP contribution in [0.3, 0.4) is 0 Å². The largest absolute Gasteiger partial charge is 0.345 e. The molecule has 0 bridgehead atoms. The third kappa shape index (κ3) is 3.58. The summed E-state index contributed by atoms with van der Waals surface area (Å²) in [5.74, 6) is 0. The molecule has 3 aromatic rings. The fourth-order valence-corrected chi connectivity index (χ4v) is 4.00. The second-order valence-corrected chi connectivity index (χ2v) is 7.09. The summed E-state index contributed by atoms with van der Waals surface area (Å²) in [5.41, 5.74) is 2.16. The smallest absolute Gasteiger partial charge is 0.317 e. The van der Waals surface area contributed by atoms with Crippen molar-refractivity contribution < 1.29 is 4.79 Å². The molecule has 2 aromatic carbocycles. The molecule has 4 rings (SSSR count). The lowest BCUT2D eigenvalue weighted by atomic mass is 10.2. The average Bonchev–Trinajstić information content (AvgIpc) is 3.11. The summed E-state index contributed by atoms with van der Waals surface area (Å²) in [4.78, 5) is 21.2. The zero-order valence-corrected chi connectivity index (χ0v) is 14.7. The van der Waals surface area contributed by atoms with Crippen molar-refractivity contribution in [2.45, 2.75) is 6.54 Å². The molecule has 1 saturated heterocycles. The molecule has 2 amide bonds. The zero-order chi connectivity index (χ0) is 17.1. The van der Waals surface area contributed by atoms with E-state index in [4.69, 9.17) is 4.98 Å². The van der Waals surface area contributed by atoms with Crippen LogP contribution in [-0.2, 0) is 6.54 Å². The highest BCUT2D eigenvalue weighted by Gasteiger charge is 2.22. The van der Waals surface area contributed by atoms with Crippen LogP contribution in [0.5, 0.6) is 0 Å². The van der Waals surface area contributed by atoms with Gasteiger partial charge < -0.3 is 15.1 Å². The maximum atomic E-state index is 12.3. The molecule has 128 valence electrons. The molecule has 1 aromatic heterocycles. The Bertz CT molecular complexity index is 823. The molecular formula is C19H20N4OS. The number of urea groups is 1. The van der Waals surface area contributed by atoms with E-state index in [0.29, 0.717) is 6.54 Å². The molecule has 0 saturated carbocycles. The van der Waals surface area contributed by atoms with E-state index in [1.165, 1.54) is 4.70 Å². The fraction of sp³-hybridized carbons (Fsp3) is 0.263. The highest BCUT2D eigenvalue weighted by atomic mass is 32.1. The van der Waals surface area contributed by atoms with Gasteiger partial charge in [0.2, 0.25) is 0 Å². The molecule has 1 N–H and O–H groups in total. The molecule has 6 heteroatoms. The van der Waals surface area contributed by atoms with Gasteiger partial charge in [-0.25, -0.2) is 9.78 Å². The van der Waals surface area contributed by atoms with Crippen molar-refractivity contribution in [2.75, 3.05) is 31.1 Å².